The average molecular weight is 393 g/mol. The van der Waals surface area contributed by atoms with Crippen molar-refractivity contribution in [2.24, 2.45) is 0 Å². The lowest BCUT2D eigenvalue weighted by Gasteiger charge is -2.10. The van der Waals surface area contributed by atoms with Gasteiger partial charge in [0.05, 0.1) is 6.42 Å². The van der Waals surface area contributed by atoms with Gasteiger partial charge in [-0.2, -0.15) is 0 Å². The third-order valence-corrected chi connectivity index (χ3v) is 3.17. The van der Waals surface area contributed by atoms with Crippen LogP contribution in [0.4, 0.5) is 26.3 Å². The van der Waals surface area contributed by atoms with Crippen LogP contribution in [-0.2, 0) is 17.8 Å². The van der Waals surface area contributed by atoms with Crippen LogP contribution in [0.5, 0.6) is 11.5 Å². The van der Waals surface area contributed by atoms with Crippen molar-refractivity contribution >= 4 is 5.91 Å². The molecule has 0 aliphatic rings. The minimum absolute atomic E-state index is 0.0698. The zero-order chi connectivity index (χ0) is 20.1. The Morgan fingerprint density at radius 2 is 1.15 bits per heavy atom. The van der Waals surface area contributed by atoms with Crippen LogP contribution < -0.4 is 14.8 Å². The molecule has 4 nitrogen and oxygen atoms in total. The number of rotatable bonds is 6. The van der Waals surface area contributed by atoms with E-state index in [9.17, 15) is 31.1 Å². The molecule has 2 rings (SSSR count). The maximum absolute atomic E-state index is 12.1. The summed E-state index contributed by atoms with van der Waals surface area (Å²) in [5.74, 6) is -1.18. The molecule has 1 N–H and O–H groups in total. The van der Waals surface area contributed by atoms with E-state index in [2.05, 4.69) is 14.8 Å². The van der Waals surface area contributed by atoms with Gasteiger partial charge in [0.1, 0.15) is 11.5 Å². The second-order valence-corrected chi connectivity index (χ2v) is 5.34. The van der Waals surface area contributed by atoms with Crippen molar-refractivity contribution in [3.05, 3.63) is 59.7 Å². The smallest absolute Gasteiger partial charge is 0.406 e. The molecular formula is C17H13F6NO3. The van der Waals surface area contributed by atoms with Crippen LogP contribution in [-0.4, -0.2) is 18.6 Å². The summed E-state index contributed by atoms with van der Waals surface area (Å²) in [5, 5.41) is 2.55. The first-order valence-corrected chi connectivity index (χ1v) is 7.46. The van der Waals surface area contributed by atoms with Gasteiger partial charge >= 0.3 is 12.7 Å². The van der Waals surface area contributed by atoms with E-state index in [1.165, 1.54) is 24.3 Å². The third-order valence-electron chi connectivity index (χ3n) is 3.17. The molecule has 2 aromatic rings. The molecule has 0 fully saturated rings. The molecule has 2 aromatic carbocycles. The van der Waals surface area contributed by atoms with Crippen molar-refractivity contribution < 1.29 is 40.6 Å². The minimum Gasteiger partial charge on any atom is -0.406 e. The number of alkyl halides is 6. The Morgan fingerprint density at radius 3 is 1.56 bits per heavy atom. The minimum atomic E-state index is -4.79. The van der Waals surface area contributed by atoms with E-state index >= 15 is 0 Å². The van der Waals surface area contributed by atoms with E-state index < -0.39 is 24.4 Å². The second-order valence-electron chi connectivity index (χ2n) is 5.34. The highest BCUT2D eigenvalue weighted by molar-refractivity contribution is 5.78. The van der Waals surface area contributed by atoms with Crippen molar-refractivity contribution in [1.82, 2.24) is 5.32 Å². The summed E-state index contributed by atoms with van der Waals surface area (Å²) in [6, 6.07) is 9.80. The summed E-state index contributed by atoms with van der Waals surface area (Å²) in [5.41, 5.74) is 1.02. The summed E-state index contributed by atoms with van der Waals surface area (Å²) < 4.78 is 79.9. The molecule has 0 saturated heterocycles. The summed E-state index contributed by atoms with van der Waals surface area (Å²) in [4.78, 5) is 11.9. The van der Waals surface area contributed by atoms with Gasteiger partial charge in [-0.05, 0) is 35.4 Å². The van der Waals surface area contributed by atoms with Gasteiger partial charge in [-0.1, -0.05) is 24.3 Å². The van der Waals surface area contributed by atoms with Crippen molar-refractivity contribution in [1.29, 1.82) is 0 Å². The largest absolute Gasteiger partial charge is 0.573 e. The molecule has 0 unspecified atom stereocenters. The van der Waals surface area contributed by atoms with Crippen LogP contribution in [0.15, 0.2) is 48.5 Å². The van der Waals surface area contributed by atoms with Crippen LogP contribution >= 0.6 is 0 Å². The topological polar surface area (TPSA) is 47.6 Å². The standard InChI is InChI=1S/C17H13F6NO3/c18-16(19,20)26-13-5-1-11(2-6-13)9-15(25)24-10-12-3-7-14(8-4-12)27-17(21,22)23/h1-8H,9-10H2,(H,24,25). The van der Waals surface area contributed by atoms with Gasteiger partial charge in [-0.3, -0.25) is 4.79 Å². The second kappa shape index (κ2) is 8.19. The Kier molecular flexibility index (Phi) is 6.19. The molecular weight excluding hydrogens is 380 g/mol. The summed E-state index contributed by atoms with van der Waals surface area (Å²) in [7, 11) is 0. The van der Waals surface area contributed by atoms with Gasteiger partial charge in [-0.25, -0.2) is 0 Å². The van der Waals surface area contributed by atoms with E-state index in [4.69, 9.17) is 0 Å². The van der Waals surface area contributed by atoms with Crippen LogP contribution in [0.3, 0.4) is 0 Å². The molecule has 0 atom stereocenters. The first kappa shape index (κ1) is 20.4. The molecule has 1 amide bonds. The highest BCUT2D eigenvalue weighted by Gasteiger charge is 2.31. The molecule has 0 aliphatic heterocycles. The number of carbonyl (C=O) groups is 1. The van der Waals surface area contributed by atoms with Crippen molar-refractivity contribution in [3.8, 4) is 11.5 Å². The molecule has 0 aliphatic carbocycles. The van der Waals surface area contributed by atoms with Gasteiger partial charge in [0.15, 0.2) is 0 Å². The Bertz CT molecular complexity index is 754. The van der Waals surface area contributed by atoms with Gasteiger partial charge < -0.3 is 14.8 Å². The summed E-state index contributed by atoms with van der Waals surface area (Å²) in [6.07, 6.45) is -9.66. The molecule has 27 heavy (non-hydrogen) atoms. The lowest BCUT2D eigenvalue weighted by atomic mass is 10.1. The van der Waals surface area contributed by atoms with E-state index in [1.54, 1.807) is 0 Å². The number of hydrogen-bond acceptors (Lipinski definition) is 3. The fourth-order valence-electron chi connectivity index (χ4n) is 2.07. The number of nitrogens with one attached hydrogen (secondary N) is 1. The Labute approximate surface area is 149 Å². The normalized spacial score (nSPS) is 11.8. The molecule has 0 saturated carbocycles. The van der Waals surface area contributed by atoms with Gasteiger partial charge in [0.2, 0.25) is 5.91 Å². The maximum Gasteiger partial charge on any atom is 0.573 e. The lowest BCUT2D eigenvalue weighted by molar-refractivity contribution is -0.275. The van der Waals surface area contributed by atoms with Gasteiger partial charge in [-0.15, -0.1) is 26.3 Å². The van der Waals surface area contributed by atoms with Gasteiger partial charge in [0.25, 0.3) is 0 Å². The maximum atomic E-state index is 12.1. The third kappa shape index (κ3) is 7.89. The van der Waals surface area contributed by atoms with E-state index in [0.717, 1.165) is 24.3 Å². The highest BCUT2D eigenvalue weighted by atomic mass is 19.4. The highest BCUT2D eigenvalue weighted by Crippen LogP contribution is 2.23. The predicted octanol–water partition coefficient (Wildman–Crippen LogP) is 4.34. The molecule has 0 bridgehead atoms. The van der Waals surface area contributed by atoms with Crippen molar-refractivity contribution in [2.45, 2.75) is 25.7 Å². The first-order chi connectivity index (χ1) is 12.5. The predicted molar refractivity (Wildman–Crippen MR) is 81.8 cm³/mol. The molecule has 10 heteroatoms. The summed E-state index contributed by atoms with van der Waals surface area (Å²) >= 11 is 0. The number of benzene rings is 2. The molecule has 0 heterocycles. The lowest BCUT2D eigenvalue weighted by Crippen LogP contribution is -2.24. The Hall–Kier alpha value is -2.91. The van der Waals surface area contributed by atoms with E-state index in [-0.39, 0.29) is 18.7 Å². The Balaban J connectivity index is 1.82. The molecule has 0 spiro atoms. The number of hydrogen-bond donors (Lipinski definition) is 1. The molecule has 0 aromatic heterocycles. The van der Waals surface area contributed by atoms with E-state index in [1.807, 2.05) is 0 Å². The Morgan fingerprint density at radius 1 is 0.741 bits per heavy atom. The average Bonchev–Trinajstić information content (AvgIpc) is 2.53. The zero-order valence-electron chi connectivity index (χ0n) is 13.5. The number of carbonyl (C=O) groups excluding carboxylic acids is 1. The number of ether oxygens (including phenoxy) is 2. The quantitative estimate of drug-likeness (QED) is 0.743. The van der Waals surface area contributed by atoms with Crippen LogP contribution in [0.2, 0.25) is 0 Å². The molecule has 0 radical (unpaired) electrons. The summed E-state index contributed by atoms with van der Waals surface area (Å²) in [6.45, 7) is 0.0698. The zero-order valence-corrected chi connectivity index (χ0v) is 13.5. The van der Waals surface area contributed by atoms with Crippen LogP contribution in [0, 0.1) is 0 Å². The van der Waals surface area contributed by atoms with Crippen molar-refractivity contribution in [3.63, 3.8) is 0 Å². The van der Waals surface area contributed by atoms with Crippen LogP contribution in [0.1, 0.15) is 11.1 Å². The number of halogens is 6. The fourth-order valence-corrected chi connectivity index (χ4v) is 2.07. The van der Waals surface area contributed by atoms with E-state index in [0.29, 0.717) is 11.1 Å². The monoisotopic (exact) mass is 393 g/mol. The van der Waals surface area contributed by atoms with Crippen molar-refractivity contribution in [2.75, 3.05) is 0 Å². The first-order valence-electron chi connectivity index (χ1n) is 7.46. The van der Waals surface area contributed by atoms with Crippen LogP contribution in [0.25, 0.3) is 0 Å². The fraction of sp³-hybridized carbons (Fsp3) is 0.235. The molecule has 146 valence electrons. The SMILES string of the molecule is O=C(Cc1ccc(OC(F)(F)F)cc1)NCc1ccc(OC(F)(F)F)cc1. The number of amides is 1. The van der Waals surface area contributed by atoms with Gasteiger partial charge in [0, 0.05) is 6.54 Å².